The maximum absolute atomic E-state index is 5.32. The summed E-state index contributed by atoms with van der Waals surface area (Å²) in [6.07, 6.45) is 4.21. The molecule has 1 nitrogen and oxygen atoms in total. The maximum Gasteiger partial charge on any atom is 0.118 e. The first-order valence-corrected chi connectivity index (χ1v) is 15.0. The SMILES string of the molecule is C=C(C)C1=C(C)C[C@@]2(C)C[C@@]3(C)Cc4c(CC)cc(C#Cc5ccc(OC)cc5)c(C)c4C(=C)C3=C(C)[C@@]2(C)C1=C. The summed E-state index contributed by atoms with van der Waals surface area (Å²) in [5.74, 6) is 7.76. The van der Waals surface area contributed by atoms with E-state index in [1.165, 1.54) is 55.7 Å². The van der Waals surface area contributed by atoms with E-state index in [1.807, 2.05) is 24.3 Å². The van der Waals surface area contributed by atoms with Crippen LogP contribution in [-0.4, -0.2) is 7.11 Å². The lowest BCUT2D eigenvalue weighted by atomic mass is 9.41. The number of methoxy groups -OCH3 is 1. The van der Waals surface area contributed by atoms with E-state index in [0.29, 0.717) is 0 Å². The Balaban J connectivity index is 1.69. The third-order valence-electron chi connectivity index (χ3n) is 10.9. The number of hydrogen-bond acceptors (Lipinski definition) is 1. The molecule has 0 amide bonds. The van der Waals surface area contributed by atoms with Crippen molar-refractivity contribution in [2.75, 3.05) is 7.11 Å². The fourth-order valence-electron chi connectivity index (χ4n) is 8.93. The number of rotatable bonds is 3. The molecule has 0 spiro atoms. The molecule has 0 heterocycles. The summed E-state index contributed by atoms with van der Waals surface area (Å²) in [5, 5.41) is 0. The number of fused-ring (bicyclic) bond motifs is 3. The van der Waals surface area contributed by atoms with Gasteiger partial charge in [0.05, 0.1) is 7.11 Å². The molecule has 3 aliphatic carbocycles. The summed E-state index contributed by atoms with van der Waals surface area (Å²) < 4.78 is 5.32. The molecule has 0 aliphatic heterocycles. The summed E-state index contributed by atoms with van der Waals surface area (Å²) >= 11 is 0. The molecule has 5 rings (SSSR count). The largest absolute Gasteiger partial charge is 0.497 e. The van der Waals surface area contributed by atoms with Crippen LogP contribution < -0.4 is 4.74 Å². The Morgan fingerprint density at radius 2 is 1.66 bits per heavy atom. The minimum atomic E-state index is -0.149. The van der Waals surface area contributed by atoms with Crippen LogP contribution in [0, 0.1) is 35.0 Å². The van der Waals surface area contributed by atoms with Gasteiger partial charge in [0.15, 0.2) is 0 Å². The van der Waals surface area contributed by atoms with Crippen LogP contribution in [0.15, 0.2) is 83.5 Å². The van der Waals surface area contributed by atoms with Gasteiger partial charge in [-0.3, -0.25) is 0 Å². The van der Waals surface area contributed by atoms with Gasteiger partial charge in [0.1, 0.15) is 5.75 Å². The third kappa shape index (κ3) is 4.14. The summed E-state index contributed by atoms with van der Waals surface area (Å²) in [5.41, 5.74) is 16.6. The summed E-state index contributed by atoms with van der Waals surface area (Å²) in [6, 6.07) is 10.3. The standard InChI is InChI=1S/C40H46O/c1-13-31-20-32(17-14-30-15-18-33(41-12)19-16-30)26(5)36-27(6)37-29(8)40(11)28(7)35(24(2)3)25(4)21-39(40,10)23-38(37,9)22-34(31)36/h15-16,18-20H,2,6-7,13,21-23H2,1,3-5,8-12H3/t38-,39+,40-/m1/s1. The Hall–Kier alpha value is -3.50. The molecular weight excluding hydrogens is 496 g/mol. The molecule has 0 unspecified atom stereocenters. The van der Waals surface area contributed by atoms with Gasteiger partial charge in [-0.2, -0.15) is 0 Å². The normalized spacial score (nSPS) is 27.0. The van der Waals surface area contributed by atoms with Crippen molar-refractivity contribution in [2.24, 2.45) is 16.2 Å². The Morgan fingerprint density at radius 3 is 2.24 bits per heavy atom. The molecule has 0 radical (unpaired) electrons. The van der Waals surface area contributed by atoms with E-state index in [9.17, 15) is 0 Å². The van der Waals surface area contributed by atoms with E-state index in [4.69, 9.17) is 17.9 Å². The lowest BCUT2D eigenvalue weighted by Crippen LogP contribution is -2.52. The van der Waals surface area contributed by atoms with Crippen molar-refractivity contribution in [3.63, 3.8) is 0 Å². The van der Waals surface area contributed by atoms with E-state index in [1.54, 1.807) is 7.11 Å². The highest BCUT2D eigenvalue weighted by atomic mass is 16.5. The van der Waals surface area contributed by atoms with Gasteiger partial charge < -0.3 is 4.74 Å². The zero-order valence-electron chi connectivity index (χ0n) is 26.7. The number of benzene rings is 2. The molecule has 1 heteroatoms. The first kappa shape index (κ1) is 29.0. The quantitative estimate of drug-likeness (QED) is 0.351. The van der Waals surface area contributed by atoms with Gasteiger partial charge in [-0.1, -0.05) is 76.0 Å². The molecule has 41 heavy (non-hydrogen) atoms. The molecule has 3 aliphatic rings. The van der Waals surface area contributed by atoms with E-state index >= 15 is 0 Å². The zero-order chi connectivity index (χ0) is 30.1. The van der Waals surface area contributed by atoms with E-state index in [-0.39, 0.29) is 16.2 Å². The van der Waals surface area contributed by atoms with Gasteiger partial charge in [0, 0.05) is 16.5 Å². The number of ether oxygens (including phenoxy) is 1. The average molecular weight is 543 g/mol. The molecular formula is C40H46O. The third-order valence-corrected chi connectivity index (χ3v) is 10.9. The van der Waals surface area contributed by atoms with E-state index < -0.39 is 0 Å². The summed E-state index contributed by atoms with van der Waals surface area (Å²) in [7, 11) is 1.69. The lowest BCUT2D eigenvalue weighted by molar-refractivity contribution is 0.0543. The molecule has 0 saturated carbocycles. The van der Waals surface area contributed by atoms with Gasteiger partial charge in [-0.15, -0.1) is 0 Å². The number of allylic oxidation sites excluding steroid dienone is 7. The summed E-state index contributed by atoms with van der Waals surface area (Å²) in [4.78, 5) is 0. The van der Waals surface area contributed by atoms with Crippen LogP contribution in [0.5, 0.6) is 5.75 Å². The molecule has 3 atom stereocenters. The highest BCUT2D eigenvalue weighted by Gasteiger charge is 2.59. The fourth-order valence-corrected chi connectivity index (χ4v) is 8.93. The minimum Gasteiger partial charge on any atom is -0.497 e. The molecule has 0 bridgehead atoms. The Morgan fingerprint density at radius 1 is 1.00 bits per heavy atom. The number of aryl methyl sites for hydroxylation is 1. The van der Waals surface area contributed by atoms with Crippen LogP contribution in [0.3, 0.4) is 0 Å². The van der Waals surface area contributed by atoms with Crippen LogP contribution in [0.2, 0.25) is 0 Å². The highest BCUT2D eigenvalue weighted by Crippen LogP contribution is 2.70. The molecule has 0 N–H and O–H groups in total. The molecule has 0 fully saturated rings. The second-order valence-electron chi connectivity index (χ2n) is 13.6. The van der Waals surface area contributed by atoms with E-state index in [0.717, 1.165) is 48.1 Å². The molecule has 212 valence electrons. The molecule has 2 aromatic carbocycles. The van der Waals surface area contributed by atoms with Crippen molar-refractivity contribution >= 4 is 5.57 Å². The first-order valence-electron chi connectivity index (χ1n) is 15.0. The minimum absolute atomic E-state index is 0.0242. The molecule has 2 aromatic rings. The van der Waals surface area contributed by atoms with Crippen molar-refractivity contribution in [2.45, 2.75) is 81.1 Å². The number of hydrogen-bond donors (Lipinski definition) is 0. The van der Waals surface area contributed by atoms with Crippen LogP contribution in [0.4, 0.5) is 0 Å². The zero-order valence-corrected chi connectivity index (χ0v) is 26.7. The smallest absolute Gasteiger partial charge is 0.118 e. The first-order chi connectivity index (χ1) is 19.2. The maximum atomic E-state index is 5.32. The van der Waals surface area contributed by atoms with Gasteiger partial charge in [0.2, 0.25) is 0 Å². The predicted octanol–water partition coefficient (Wildman–Crippen LogP) is 10.1. The van der Waals surface area contributed by atoms with Crippen LogP contribution in [0.25, 0.3) is 5.57 Å². The van der Waals surface area contributed by atoms with Crippen molar-refractivity contribution in [1.29, 1.82) is 0 Å². The van der Waals surface area contributed by atoms with Gasteiger partial charge in [0.25, 0.3) is 0 Å². The van der Waals surface area contributed by atoms with Crippen molar-refractivity contribution < 1.29 is 4.74 Å². The molecule has 0 saturated heterocycles. The topological polar surface area (TPSA) is 9.23 Å². The van der Waals surface area contributed by atoms with Crippen LogP contribution in [0.1, 0.15) is 94.7 Å². The second-order valence-corrected chi connectivity index (χ2v) is 13.6. The van der Waals surface area contributed by atoms with Crippen molar-refractivity contribution in [3.8, 4) is 17.6 Å². The molecule has 0 aromatic heterocycles. The second kappa shape index (κ2) is 9.80. The van der Waals surface area contributed by atoms with Crippen molar-refractivity contribution in [3.05, 3.63) is 117 Å². The fraction of sp³-hybridized carbons (Fsp3) is 0.400. The van der Waals surface area contributed by atoms with Crippen LogP contribution >= 0.6 is 0 Å². The summed E-state index contributed by atoms with van der Waals surface area (Å²) in [6.45, 7) is 32.7. The van der Waals surface area contributed by atoms with E-state index in [2.05, 4.69) is 79.9 Å². The van der Waals surface area contributed by atoms with Gasteiger partial charge >= 0.3 is 0 Å². The monoisotopic (exact) mass is 542 g/mol. The Bertz CT molecular complexity index is 1640. The lowest BCUT2D eigenvalue weighted by Gasteiger charge is -2.62. The highest BCUT2D eigenvalue weighted by molar-refractivity contribution is 5.88. The Kier molecular flexibility index (Phi) is 6.94. The average Bonchev–Trinajstić information content (AvgIpc) is 2.90. The van der Waals surface area contributed by atoms with Crippen molar-refractivity contribution in [1.82, 2.24) is 0 Å². The van der Waals surface area contributed by atoms with Crippen LogP contribution in [-0.2, 0) is 12.8 Å². The Labute approximate surface area is 248 Å². The van der Waals surface area contributed by atoms with Gasteiger partial charge in [-0.25, -0.2) is 0 Å². The predicted molar refractivity (Wildman–Crippen MR) is 175 cm³/mol. The van der Waals surface area contributed by atoms with Gasteiger partial charge in [-0.05, 0) is 139 Å².